The van der Waals surface area contributed by atoms with Crippen molar-refractivity contribution in [2.45, 2.75) is 37.5 Å². The van der Waals surface area contributed by atoms with E-state index in [1.165, 1.54) is 10.3 Å². The lowest BCUT2D eigenvalue weighted by Gasteiger charge is -2.33. The molecule has 1 aliphatic carbocycles. The molecule has 164 valence electrons. The molecule has 0 bridgehead atoms. The van der Waals surface area contributed by atoms with Crippen LogP contribution in [0.1, 0.15) is 47.9 Å². The topological polar surface area (TPSA) is 54.7 Å². The van der Waals surface area contributed by atoms with Gasteiger partial charge in [-0.3, -0.25) is 4.79 Å². The zero-order chi connectivity index (χ0) is 22.1. The predicted molar refractivity (Wildman–Crippen MR) is 125 cm³/mol. The first kappa shape index (κ1) is 21.7. The second kappa shape index (κ2) is 8.93. The Kier molecular flexibility index (Phi) is 6.26. The van der Waals surface area contributed by atoms with Crippen LogP contribution in [0.15, 0.2) is 47.3 Å². The maximum Gasteiger partial charge on any atom is 0.193 e. The lowest BCUT2D eigenvalue weighted by molar-refractivity contribution is 0.181. The molecule has 1 aliphatic rings. The lowest BCUT2D eigenvalue weighted by Crippen LogP contribution is -2.29. The quantitative estimate of drug-likeness (QED) is 0.544. The number of aromatic nitrogens is 1. The highest BCUT2D eigenvalue weighted by molar-refractivity contribution is 6.31. The van der Waals surface area contributed by atoms with Crippen LogP contribution in [0.25, 0.3) is 10.9 Å². The van der Waals surface area contributed by atoms with Gasteiger partial charge in [0, 0.05) is 10.6 Å². The second-order valence-corrected chi connectivity index (χ2v) is 9.15. The van der Waals surface area contributed by atoms with Crippen molar-refractivity contribution in [3.63, 3.8) is 0 Å². The van der Waals surface area contributed by atoms with E-state index in [-0.39, 0.29) is 17.3 Å². The molecule has 0 radical (unpaired) electrons. The molecule has 0 fully saturated rings. The Morgan fingerprint density at radius 1 is 1.19 bits per heavy atom. The van der Waals surface area contributed by atoms with Crippen LogP contribution in [0.3, 0.4) is 0 Å². The number of ether oxygens (including phenoxy) is 1. The number of pyridine rings is 1. The summed E-state index contributed by atoms with van der Waals surface area (Å²) in [6.07, 6.45) is 3.40. The number of rotatable bonds is 6. The maximum atomic E-state index is 13.5. The summed E-state index contributed by atoms with van der Waals surface area (Å²) in [5.41, 5.74) is 3.19. The zero-order valence-corrected chi connectivity index (χ0v) is 19.0. The molecule has 1 aromatic heterocycles. The Labute approximate surface area is 187 Å². The molecule has 1 N–H and O–H groups in total. The SMILES string of the molecule is COc1ccc(C2Cc3c(c(=O)c4cc(Cl)ccc4n3O)C(CCCN(C)C)C2)cc1. The van der Waals surface area contributed by atoms with Crippen molar-refractivity contribution in [3.8, 4) is 5.75 Å². The Hall–Kier alpha value is -2.50. The standard InChI is InChI=1S/C25H29ClN2O3/c1-27(2)12-4-5-17-13-18(16-6-9-20(31-3)10-7-16)14-23-24(17)25(29)21-15-19(26)8-11-22(21)28(23)30/h6-11,15,17-18,30H,4-5,12-14H2,1-3H3. The van der Waals surface area contributed by atoms with Crippen LogP contribution >= 0.6 is 11.6 Å². The number of benzene rings is 2. The van der Waals surface area contributed by atoms with Gasteiger partial charge < -0.3 is 14.8 Å². The van der Waals surface area contributed by atoms with Gasteiger partial charge in [-0.1, -0.05) is 23.7 Å². The maximum absolute atomic E-state index is 13.5. The monoisotopic (exact) mass is 440 g/mol. The van der Waals surface area contributed by atoms with Crippen molar-refractivity contribution in [2.75, 3.05) is 27.7 Å². The molecular weight excluding hydrogens is 412 g/mol. The van der Waals surface area contributed by atoms with E-state index in [9.17, 15) is 10.0 Å². The van der Waals surface area contributed by atoms with E-state index in [4.69, 9.17) is 16.3 Å². The van der Waals surface area contributed by atoms with Crippen molar-refractivity contribution in [3.05, 3.63) is 74.5 Å². The number of methoxy groups -OCH3 is 1. The third kappa shape index (κ3) is 4.30. The van der Waals surface area contributed by atoms with Crippen molar-refractivity contribution in [2.24, 2.45) is 0 Å². The summed E-state index contributed by atoms with van der Waals surface area (Å²) in [6.45, 7) is 0.964. The molecule has 2 unspecified atom stereocenters. The minimum atomic E-state index is 0.000772. The van der Waals surface area contributed by atoms with E-state index in [1.807, 2.05) is 12.1 Å². The highest BCUT2D eigenvalue weighted by Gasteiger charge is 2.33. The number of halogens is 1. The Bertz CT molecular complexity index is 1140. The van der Waals surface area contributed by atoms with Crippen LogP contribution in [-0.4, -0.2) is 42.6 Å². The highest BCUT2D eigenvalue weighted by atomic mass is 35.5. The molecule has 1 heterocycles. The van der Waals surface area contributed by atoms with Gasteiger partial charge in [-0.05, 0) is 94.1 Å². The molecule has 2 atom stereocenters. The third-order valence-electron chi connectivity index (χ3n) is 6.40. The van der Waals surface area contributed by atoms with Gasteiger partial charge in [-0.25, -0.2) is 0 Å². The molecule has 5 nitrogen and oxygen atoms in total. The Balaban J connectivity index is 1.80. The van der Waals surface area contributed by atoms with Crippen LogP contribution in [0.2, 0.25) is 5.02 Å². The van der Waals surface area contributed by atoms with Gasteiger partial charge in [0.2, 0.25) is 0 Å². The molecule has 0 aliphatic heterocycles. The fourth-order valence-electron chi connectivity index (χ4n) is 4.85. The van der Waals surface area contributed by atoms with E-state index >= 15 is 0 Å². The van der Waals surface area contributed by atoms with E-state index in [0.717, 1.165) is 42.8 Å². The molecular formula is C25H29ClN2O3. The number of hydrogen-bond acceptors (Lipinski definition) is 4. The first-order valence-electron chi connectivity index (χ1n) is 10.7. The van der Waals surface area contributed by atoms with Gasteiger partial charge in [0.15, 0.2) is 5.43 Å². The summed E-state index contributed by atoms with van der Waals surface area (Å²) in [5, 5.41) is 12.1. The molecule has 2 aromatic carbocycles. The van der Waals surface area contributed by atoms with Crippen LogP contribution in [-0.2, 0) is 6.42 Å². The van der Waals surface area contributed by atoms with Crippen LogP contribution < -0.4 is 10.2 Å². The minimum Gasteiger partial charge on any atom is -0.497 e. The van der Waals surface area contributed by atoms with Gasteiger partial charge >= 0.3 is 0 Å². The van der Waals surface area contributed by atoms with E-state index in [0.29, 0.717) is 22.3 Å². The van der Waals surface area contributed by atoms with Crippen LogP contribution in [0.4, 0.5) is 0 Å². The largest absolute Gasteiger partial charge is 0.497 e. The number of fused-ring (bicyclic) bond motifs is 2. The third-order valence-corrected chi connectivity index (χ3v) is 6.64. The van der Waals surface area contributed by atoms with Gasteiger partial charge in [0.25, 0.3) is 0 Å². The van der Waals surface area contributed by atoms with Crippen LogP contribution in [0, 0.1) is 0 Å². The van der Waals surface area contributed by atoms with E-state index in [1.54, 1.807) is 25.3 Å². The fourth-order valence-corrected chi connectivity index (χ4v) is 5.02. The summed E-state index contributed by atoms with van der Waals surface area (Å²) in [7, 11) is 5.78. The average molecular weight is 441 g/mol. The lowest BCUT2D eigenvalue weighted by atomic mass is 9.74. The predicted octanol–water partition coefficient (Wildman–Crippen LogP) is 5.06. The van der Waals surface area contributed by atoms with Crippen molar-refractivity contribution in [1.29, 1.82) is 0 Å². The van der Waals surface area contributed by atoms with Crippen molar-refractivity contribution in [1.82, 2.24) is 9.63 Å². The highest BCUT2D eigenvalue weighted by Crippen LogP contribution is 2.42. The van der Waals surface area contributed by atoms with Gasteiger partial charge in [-0.2, -0.15) is 4.73 Å². The van der Waals surface area contributed by atoms with E-state index in [2.05, 4.69) is 31.1 Å². The van der Waals surface area contributed by atoms with Gasteiger partial charge in [0.05, 0.1) is 23.7 Å². The molecule has 6 heteroatoms. The zero-order valence-electron chi connectivity index (χ0n) is 18.3. The summed E-state index contributed by atoms with van der Waals surface area (Å²) in [6, 6.07) is 13.2. The normalized spacial score (nSPS) is 18.4. The Morgan fingerprint density at radius 3 is 2.61 bits per heavy atom. The smallest absolute Gasteiger partial charge is 0.193 e. The fraction of sp³-hybridized carbons (Fsp3) is 0.400. The molecule has 31 heavy (non-hydrogen) atoms. The summed E-state index contributed by atoms with van der Waals surface area (Å²) < 4.78 is 6.52. The van der Waals surface area contributed by atoms with E-state index < -0.39 is 0 Å². The van der Waals surface area contributed by atoms with Gasteiger partial charge in [-0.15, -0.1) is 0 Å². The second-order valence-electron chi connectivity index (χ2n) is 8.72. The molecule has 3 aromatic rings. The first-order valence-corrected chi connectivity index (χ1v) is 11.1. The minimum absolute atomic E-state index is 0.000772. The van der Waals surface area contributed by atoms with Crippen molar-refractivity contribution < 1.29 is 9.94 Å². The summed E-state index contributed by atoms with van der Waals surface area (Å²) >= 11 is 6.16. The van der Waals surface area contributed by atoms with Gasteiger partial charge in [0.1, 0.15) is 5.75 Å². The van der Waals surface area contributed by atoms with Crippen molar-refractivity contribution >= 4 is 22.5 Å². The molecule has 0 saturated carbocycles. The number of nitrogens with zero attached hydrogens (tertiary/aromatic N) is 2. The molecule has 0 saturated heterocycles. The summed E-state index contributed by atoms with van der Waals surface area (Å²) in [5.74, 6) is 1.14. The molecule has 0 amide bonds. The molecule has 0 spiro atoms. The molecule has 4 rings (SSSR count). The number of hydrogen-bond donors (Lipinski definition) is 1. The Morgan fingerprint density at radius 2 is 1.94 bits per heavy atom. The first-order chi connectivity index (χ1) is 14.9. The summed E-state index contributed by atoms with van der Waals surface area (Å²) in [4.78, 5) is 15.7. The average Bonchev–Trinajstić information content (AvgIpc) is 2.76. The van der Waals surface area contributed by atoms with Crippen LogP contribution in [0.5, 0.6) is 5.75 Å².